The van der Waals surface area contributed by atoms with Crippen LogP contribution >= 0.6 is 0 Å². The van der Waals surface area contributed by atoms with Crippen LogP contribution < -0.4 is 5.32 Å². The quantitative estimate of drug-likeness (QED) is 0.611. The second-order valence-electron chi connectivity index (χ2n) is 7.39. The molecule has 0 unspecified atom stereocenters. The SMILES string of the molecule is CC(C)c1nnc2ccc(NC(=O)c3ccc(CN(C)C)nc3)cn12.O=C(O)C(F)(F)F. The molecule has 3 aromatic heterocycles. The third-order valence-corrected chi connectivity index (χ3v) is 4.01. The number of carboxylic acid groups (broad SMARTS) is 1. The van der Waals surface area contributed by atoms with Crippen molar-refractivity contribution in [3.8, 4) is 0 Å². The number of alkyl halides is 3. The maximum absolute atomic E-state index is 12.4. The predicted octanol–water partition coefficient (Wildman–Crippen LogP) is 3.19. The van der Waals surface area contributed by atoms with Gasteiger partial charge in [0, 0.05) is 24.9 Å². The van der Waals surface area contributed by atoms with Crippen LogP contribution in [0.1, 0.15) is 41.6 Å². The van der Waals surface area contributed by atoms with E-state index in [9.17, 15) is 18.0 Å². The highest BCUT2D eigenvalue weighted by Gasteiger charge is 2.38. The van der Waals surface area contributed by atoms with Crippen LogP contribution in [0.25, 0.3) is 5.65 Å². The molecule has 0 aromatic carbocycles. The summed E-state index contributed by atoms with van der Waals surface area (Å²) < 4.78 is 33.6. The second kappa shape index (κ2) is 10.2. The van der Waals surface area contributed by atoms with Crippen molar-refractivity contribution in [2.24, 2.45) is 0 Å². The van der Waals surface area contributed by atoms with E-state index in [1.54, 1.807) is 12.3 Å². The van der Waals surface area contributed by atoms with Crippen LogP contribution in [0.15, 0.2) is 36.7 Å². The number of amides is 1. The molecule has 172 valence electrons. The maximum atomic E-state index is 12.4. The molecule has 0 bridgehead atoms. The monoisotopic (exact) mass is 452 g/mol. The molecule has 0 aliphatic heterocycles. The van der Waals surface area contributed by atoms with Crippen LogP contribution in [0, 0.1) is 0 Å². The molecule has 3 rings (SSSR count). The summed E-state index contributed by atoms with van der Waals surface area (Å²) in [4.78, 5) is 27.7. The molecule has 3 aromatic rings. The highest BCUT2D eigenvalue weighted by atomic mass is 19.4. The number of carboxylic acids is 1. The van der Waals surface area contributed by atoms with Gasteiger partial charge in [-0.05, 0) is 38.4 Å². The third-order valence-electron chi connectivity index (χ3n) is 4.01. The molecule has 0 radical (unpaired) electrons. The average molecular weight is 452 g/mol. The number of fused-ring (bicyclic) bond motifs is 1. The summed E-state index contributed by atoms with van der Waals surface area (Å²) in [5.41, 5.74) is 2.90. The summed E-state index contributed by atoms with van der Waals surface area (Å²) in [6, 6.07) is 7.32. The van der Waals surface area contributed by atoms with Crippen LogP contribution in [-0.4, -0.2) is 61.7 Å². The number of nitrogens with one attached hydrogen (secondary N) is 1. The van der Waals surface area contributed by atoms with Gasteiger partial charge in [-0.25, -0.2) is 4.79 Å². The fraction of sp³-hybridized carbons (Fsp3) is 0.350. The Hall–Kier alpha value is -3.54. The number of anilines is 1. The molecule has 0 aliphatic rings. The Morgan fingerprint density at radius 2 is 1.81 bits per heavy atom. The first-order valence-corrected chi connectivity index (χ1v) is 9.44. The van der Waals surface area contributed by atoms with E-state index in [0.29, 0.717) is 11.3 Å². The van der Waals surface area contributed by atoms with E-state index in [1.165, 1.54) is 0 Å². The number of pyridine rings is 2. The van der Waals surface area contributed by atoms with Crippen molar-refractivity contribution >= 4 is 23.2 Å². The number of hydrogen-bond donors (Lipinski definition) is 2. The van der Waals surface area contributed by atoms with Crippen molar-refractivity contribution in [1.29, 1.82) is 0 Å². The van der Waals surface area contributed by atoms with Crippen molar-refractivity contribution in [1.82, 2.24) is 24.5 Å². The summed E-state index contributed by atoms with van der Waals surface area (Å²) in [5, 5.41) is 18.4. The minimum Gasteiger partial charge on any atom is -0.475 e. The van der Waals surface area contributed by atoms with E-state index in [2.05, 4.69) is 34.3 Å². The fourth-order valence-corrected chi connectivity index (χ4v) is 2.56. The zero-order chi connectivity index (χ0) is 24.1. The van der Waals surface area contributed by atoms with Gasteiger partial charge >= 0.3 is 12.1 Å². The van der Waals surface area contributed by atoms with E-state index in [-0.39, 0.29) is 11.8 Å². The molecular weight excluding hydrogens is 429 g/mol. The van der Waals surface area contributed by atoms with Gasteiger partial charge in [0.05, 0.1) is 16.9 Å². The first kappa shape index (κ1) is 24.7. The molecule has 0 saturated heterocycles. The zero-order valence-corrected chi connectivity index (χ0v) is 17.9. The number of hydrogen-bond acceptors (Lipinski definition) is 6. The van der Waals surface area contributed by atoms with Crippen LogP contribution in [0.3, 0.4) is 0 Å². The van der Waals surface area contributed by atoms with Crippen molar-refractivity contribution in [3.05, 3.63) is 53.7 Å². The lowest BCUT2D eigenvalue weighted by Crippen LogP contribution is -2.21. The second-order valence-corrected chi connectivity index (χ2v) is 7.39. The molecule has 2 N–H and O–H groups in total. The normalized spacial score (nSPS) is 11.4. The summed E-state index contributed by atoms with van der Waals surface area (Å²) >= 11 is 0. The van der Waals surface area contributed by atoms with Crippen molar-refractivity contribution in [2.45, 2.75) is 32.5 Å². The van der Waals surface area contributed by atoms with E-state index in [1.807, 2.05) is 47.8 Å². The van der Waals surface area contributed by atoms with Gasteiger partial charge in [0.15, 0.2) is 5.65 Å². The Kier molecular flexibility index (Phi) is 7.87. The molecule has 12 heteroatoms. The standard InChI is InChI=1S/C18H22N6O.C2HF3O2/c1-12(2)17-22-21-16-8-7-15(11-24(16)17)20-18(25)13-5-6-14(19-9-13)10-23(3)4;3-2(4,5)1(6)7/h5-9,11-12H,10H2,1-4H3,(H,20,25);(H,6,7). The highest BCUT2D eigenvalue weighted by Crippen LogP contribution is 2.17. The number of carbonyl (C=O) groups excluding carboxylic acids is 1. The Morgan fingerprint density at radius 3 is 2.31 bits per heavy atom. The Morgan fingerprint density at radius 1 is 1.16 bits per heavy atom. The summed E-state index contributed by atoms with van der Waals surface area (Å²) in [7, 11) is 3.96. The topological polar surface area (TPSA) is 113 Å². The van der Waals surface area contributed by atoms with Crippen molar-refractivity contribution < 1.29 is 27.9 Å². The highest BCUT2D eigenvalue weighted by molar-refractivity contribution is 6.04. The Bertz CT molecular complexity index is 1080. The number of carbonyl (C=O) groups is 2. The van der Waals surface area contributed by atoms with Gasteiger partial charge < -0.3 is 15.3 Å². The van der Waals surface area contributed by atoms with E-state index < -0.39 is 12.1 Å². The molecular formula is C20H23F3N6O3. The van der Waals surface area contributed by atoms with Gasteiger partial charge in [-0.2, -0.15) is 13.2 Å². The van der Waals surface area contributed by atoms with Crippen molar-refractivity contribution in [2.75, 3.05) is 19.4 Å². The van der Waals surface area contributed by atoms with E-state index in [0.717, 1.165) is 23.7 Å². The molecule has 0 atom stereocenters. The summed E-state index contributed by atoms with van der Waals surface area (Å²) in [6.45, 7) is 4.86. The maximum Gasteiger partial charge on any atom is 0.490 e. The number of aromatic nitrogens is 4. The average Bonchev–Trinajstić information content (AvgIpc) is 3.11. The van der Waals surface area contributed by atoms with Gasteiger partial charge in [0.25, 0.3) is 5.91 Å². The number of aliphatic carboxylic acids is 1. The minimum atomic E-state index is -5.08. The summed E-state index contributed by atoms with van der Waals surface area (Å²) in [5.74, 6) is -1.84. The number of rotatable bonds is 5. The van der Waals surface area contributed by atoms with Crippen molar-refractivity contribution in [3.63, 3.8) is 0 Å². The van der Waals surface area contributed by atoms with Gasteiger partial charge in [0.1, 0.15) is 5.82 Å². The molecule has 0 aliphatic carbocycles. The third kappa shape index (κ3) is 6.74. The lowest BCUT2D eigenvalue weighted by molar-refractivity contribution is -0.192. The van der Waals surface area contributed by atoms with Crippen LogP contribution in [0.2, 0.25) is 0 Å². The van der Waals surface area contributed by atoms with Gasteiger partial charge in [0.2, 0.25) is 0 Å². The van der Waals surface area contributed by atoms with Gasteiger partial charge in [-0.3, -0.25) is 14.2 Å². The zero-order valence-electron chi connectivity index (χ0n) is 17.9. The number of nitrogens with zero attached hydrogens (tertiary/aromatic N) is 5. The first-order chi connectivity index (χ1) is 14.9. The van der Waals surface area contributed by atoms with Gasteiger partial charge in [-0.1, -0.05) is 13.8 Å². The van der Waals surface area contributed by atoms with Crippen LogP contribution in [0.4, 0.5) is 18.9 Å². The molecule has 0 fully saturated rings. The smallest absolute Gasteiger partial charge is 0.475 e. The Balaban J connectivity index is 0.000000451. The molecule has 32 heavy (non-hydrogen) atoms. The number of halogens is 3. The summed E-state index contributed by atoms with van der Waals surface area (Å²) in [6.07, 6.45) is -1.64. The lowest BCUT2D eigenvalue weighted by Gasteiger charge is -2.10. The molecule has 9 nitrogen and oxygen atoms in total. The largest absolute Gasteiger partial charge is 0.490 e. The molecule has 0 saturated carbocycles. The predicted molar refractivity (Wildman–Crippen MR) is 110 cm³/mol. The first-order valence-electron chi connectivity index (χ1n) is 9.44. The van der Waals surface area contributed by atoms with E-state index in [4.69, 9.17) is 9.90 Å². The molecule has 1 amide bonds. The van der Waals surface area contributed by atoms with E-state index >= 15 is 0 Å². The molecule has 0 spiro atoms. The Labute approximate surface area is 181 Å². The molecule has 3 heterocycles. The minimum absolute atomic E-state index is 0.192. The lowest BCUT2D eigenvalue weighted by atomic mass is 10.2. The van der Waals surface area contributed by atoms with Crippen LogP contribution in [0.5, 0.6) is 0 Å². The fourth-order valence-electron chi connectivity index (χ4n) is 2.56. The van der Waals surface area contributed by atoms with Gasteiger partial charge in [-0.15, -0.1) is 10.2 Å². The van der Waals surface area contributed by atoms with Crippen LogP contribution in [-0.2, 0) is 11.3 Å².